The number of piperazine rings is 1. The fourth-order valence-corrected chi connectivity index (χ4v) is 1.57. The number of likely N-dealkylation sites (N-methyl/N-ethyl adjacent to an activating group) is 1. The van der Waals surface area contributed by atoms with Crippen molar-refractivity contribution in [3.63, 3.8) is 0 Å². The lowest BCUT2D eigenvalue weighted by molar-refractivity contribution is -0.127. The molecule has 0 aromatic heterocycles. The van der Waals surface area contributed by atoms with Crippen LogP contribution in [0.4, 0.5) is 8.78 Å². The van der Waals surface area contributed by atoms with Gasteiger partial charge in [0.2, 0.25) is 5.91 Å². The minimum atomic E-state index is -2.39. The van der Waals surface area contributed by atoms with Crippen LogP contribution in [0.2, 0.25) is 0 Å². The van der Waals surface area contributed by atoms with Crippen molar-refractivity contribution in [2.75, 3.05) is 33.2 Å². The monoisotopic (exact) mass is 207 g/mol. The zero-order valence-electron chi connectivity index (χ0n) is 8.09. The quantitative estimate of drug-likeness (QED) is 0.641. The van der Waals surface area contributed by atoms with E-state index in [9.17, 15) is 13.6 Å². The molecule has 1 heterocycles. The predicted octanol–water partition coefficient (Wildman–Crippen LogP) is -0.729. The van der Waals surface area contributed by atoms with Crippen LogP contribution in [0.3, 0.4) is 0 Å². The van der Waals surface area contributed by atoms with Crippen LogP contribution < -0.4 is 10.6 Å². The van der Waals surface area contributed by atoms with Gasteiger partial charge in [-0.05, 0) is 0 Å². The first-order valence-electron chi connectivity index (χ1n) is 4.59. The standard InChI is InChI=1S/C8H15F2N3O/c1-11-8(14)6-4-12-2-3-13(6)5-7(9)10/h6-7,12H,2-5H2,1H3,(H,11,14). The lowest BCUT2D eigenvalue weighted by Gasteiger charge is -2.34. The summed E-state index contributed by atoms with van der Waals surface area (Å²) in [6.45, 7) is 1.24. The minimum absolute atomic E-state index is 0.210. The molecule has 1 unspecified atom stereocenters. The number of hydrogen-bond acceptors (Lipinski definition) is 3. The molecular weight excluding hydrogens is 192 g/mol. The highest BCUT2D eigenvalue weighted by atomic mass is 19.3. The molecule has 0 aliphatic carbocycles. The fourth-order valence-electron chi connectivity index (χ4n) is 1.57. The van der Waals surface area contributed by atoms with Gasteiger partial charge in [-0.2, -0.15) is 0 Å². The molecular formula is C8H15F2N3O. The van der Waals surface area contributed by atoms with Crippen molar-refractivity contribution in [1.29, 1.82) is 0 Å². The predicted molar refractivity (Wildman–Crippen MR) is 48.3 cm³/mol. The Hall–Kier alpha value is -0.750. The first-order chi connectivity index (χ1) is 6.65. The molecule has 0 bridgehead atoms. The van der Waals surface area contributed by atoms with Crippen LogP contribution in [0.15, 0.2) is 0 Å². The lowest BCUT2D eigenvalue weighted by atomic mass is 10.2. The normalized spacial score (nSPS) is 23.9. The molecule has 6 heteroatoms. The second-order valence-electron chi connectivity index (χ2n) is 3.22. The molecule has 1 atom stereocenters. The highest BCUT2D eigenvalue weighted by molar-refractivity contribution is 5.81. The summed E-state index contributed by atoms with van der Waals surface area (Å²) in [6.07, 6.45) is -2.39. The third-order valence-corrected chi connectivity index (χ3v) is 2.28. The van der Waals surface area contributed by atoms with Crippen molar-refractivity contribution in [2.24, 2.45) is 0 Å². The molecule has 1 aliphatic heterocycles. The Morgan fingerprint density at radius 2 is 2.43 bits per heavy atom. The first kappa shape index (κ1) is 11.3. The average molecular weight is 207 g/mol. The number of amides is 1. The number of halogens is 2. The van der Waals surface area contributed by atoms with E-state index in [-0.39, 0.29) is 12.5 Å². The second kappa shape index (κ2) is 5.21. The molecule has 1 amide bonds. The Bertz CT molecular complexity index is 201. The second-order valence-corrected chi connectivity index (χ2v) is 3.22. The molecule has 14 heavy (non-hydrogen) atoms. The van der Waals surface area contributed by atoms with E-state index in [0.29, 0.717) is 19.6 Å². The molecule has 0 aromatic carbocycles. The van der Waals surface area contributed by atoms with Crippen LogP contribution in [-0.4, -0.2) is 56.5 Å². The SMILES string of the molecule is CNC(=O)C1CNCCN1CC(F)F. The van der Waals surface area contributed by atoms with E-state index in [2.05, 4.69) is 10.6 Å². The first-order valence-corrected chi connectivity index (χ1v) is 4.59. The Morgan fingerprint density at radius 1 is 1.71 bits per heavy atom. The largest absolute Gasteiger partial charge is 0.358 e. The third-order valence-electron chi connectivity index (χ3n) is 2.28. The van der Waals surface area contributed by atoms with Crippen molar-refractivity contribution in [3.8, 4) is 0 Å². The van der Waals surface area contributed by atoms with Crippen LogP contribution in [0.25, 0.3) is 0 Å². The van der Waals surface area contributed by atoms with E-state index < -0.39 is 12.5 Å². The van der Waals surface area contributed by atoms with Gasteiger partial charge in [-0.3, -0.25) is 9.69 Å². The van der Waals surface area contributed by atoms with E-state index in [0.717, 1.165) is 0 Å². The average Bonchev–Trinajstić information content (AvgIpc) is 2.16. The Morgan fingerprint density at radius 3 is 3.00 bits per heavy atom. The summed E-state index contributed by atoms with van der Waals surface area (Å²) in [6, 6.07) is -0.470. The van der Waals surface area contributed by atoms with E-state index in [1.165, 1.54) is 11.9 Å². The van der Waals surface area contributed by atoms with E-state index in [4.69, 9.17) is 0 Å². The number of hydrogen-bond donors (Lipinski definition) is 2. The lowest BCUT2D eigenvalue weighted by Crippen LogP contribution is -2.58. The van der Waals surface area contributed by atoms with Crippen molar-refractivity contribution < 1.29 is 13.6 Å². The molecule has 0 aromatic rings. The minimum Gasteiger partial charge on any atom is -0.358 e. The van der Waals surface area contributed by atoms with Gasteiger partial charge in [-0.15, -0.1) is 0 Å². The van der Waals surface area contributed by atoms with Gasteiger partial charge in [0.1, 0.15) is 6.04 Å². The van der Waals surface area contributed by atoms with Gasteiger partial charge >= 0.3 is 0 Å². The molecule has 1 rings (SSSR count). The van der Waals surface area contributed by atoms with E-state index >= 15 is 0 Å². The summed E-state index contributed by atoms with van der Waals surface area (Å²) < 4.78 is 24.3. The number of carbonyl (C=O) groups excluding carboxylic acids is 1. The van der Waals surface area contributed by atoms with Gasteiger partial charge in [0.05, 0.1) is 6.54 Å². The number of rotatable bonds is 3. The zero-order valence-corrected chi connectivity index (χ0v) is 8.09. The van der Waals surface area contributed by atoms with Crippen LogP contribution in [0.5, 0.6) is 0 Å². The Labute approximate surface area is 81.6 Å². The van der Waals surface area contributed by atoms with Crippen LogP contribution in [0, 0.1) is 0 Å². The molecule has 0 saturated carbocycles. The highest BCUT2D eigenvalue weighted by Crippen LogP contribution is 2.06. The molecule has 82 valence electrons. The van der Waals surface area contributed by atoms with Gasteiger partial charge in [0.25, 0.3) is 6.43 Å². The maximum absolute atomic E-state index is 12.2. The molecule has 2 N–H and O–H groups in total. The number of nitrogens with one attached hydrogen (secondary N) is 2. The Kier molecular flexibility index (Phi) is 4.21. The van der Waals surface area contributed by atoms with Gasteiger partial charge in [-0.1, -0.05) is 0 Å². The smallest absolute Gasteiger partial charge is 0.251 e. The van der Waals surface area contributed by atoms with Gasteiger partial charge in [0.15, 0.2) is 0 Å². The van der Waals surface area contributed by atoms with Crippen molar-refractivity contribution >= 4 is 5.91 Å². The van der Waals surface area contributed by atoms with Crippen LogP contribution in [-0.2, 0) is 4.79 Å². The van der Waals surface area contributed by atoms with Crippen molar-refractivity contribution in [1.82, 2.24) is 15.5 Å². The van der Waals surface area contributed by atoms with Crippen molar-refractivity contribution in [3.05, 3.63) is 0 Å². The maximum atomic E-state index is 12.2. The summed E-state index contributed by atoms with van der Waals surface area (Å²) in [5.41, 5.74) is 0. The van der Waals surface area contributed by atoms with Gasteiger partial charge < -0.3 is 10.6 Å². The van der Waals surface area contributed by atoms with E-state index in [1.54, 1.807) is 0 Å². The summed E-state index contributed by atoms with van der Waals surface area (Å²) in [4.78, 5) is 12.8. The maximum Gasteiger partial charge on any atom is 0.251 e. The van der Waals surface area contributed by atoms with Crippen LogP contribution >= 0.6 is 0 Å². The number of carbonyl (C=O) groups is 1. The highest BCUT2D eigenvalue weighted by Gasteiger charge is 2.29. The molecule has 1 fully saturated rings. The number of alkyl halides is 2. The van der Waals surface area contributed by atoms with Crippen molar-refractivity contribution in [2.45, 2.75) is 12.5 Å². The van der Waals surface area contributed by atoms with Crippen LogP contribution in [0.1, 0.15) is 0 Å². The summed E-state index contributed by atoms with van der Waals surface area (Å²) in [5.74, 6) is -0.210. The number of nitrogens with zero attached hydrogens (tertiary/aromatic N) is 1. The molecule has 0 radical (unpaired) electrons. The molecule has 1 aliphatic rings. The summed E-state index contributed by atoms with van der Waals surface area (Å²) >= 11 is 0. The topological polar surface area (TPSA) is 44.4 Å². The zero-order chi connectivity index (χ0) is 10.6. The molecule has 0 spiro atoms. The summed E-state index contributed by atoms with van der Waals surface area (Å²) in [5, 5.41) is 5.48. The van der Waals surface area contributed by atoms with Gasteiger partial charge in [-0.25, -0.2) is 8.78 Å². The van der Waals surface area contributed by atoms with Gasteiger partial charge in [0, 0.05) is 26.7 Å². The fraction of sp³-hybridized carbons (Fsp3) is 0.875. The molecule has 4 nitrogen and oxygen atoms in total. The molecule has 1 saturated heterocycles. The Balaban J connectivity index is 2.54. The van der Waals surface area contributed by atoms with E-state index in [1.807, 2.05) is 0 Å². The third kappa shape index (κ3) is 2.88. The summed E-state index contributed by atoms with van der Waals surface area (Å²) in [7, 11) is 1.51.